The minimum absolute atomic E-state index is 0.0412. The summed E-state index contributed by atoms with van der Waals surface area (Å²) in [5, 5.41) is 0. The standard InChI is InChI=1S/C33H54O3/c1-8-10-23(22(4)30(34)36-9-2)12-11-21(3)26-13-14-27-25-19-29(35-7)33-20-24(33)15-18-32(33,6)28(25)16-17-31(26,27)5/h11-12,21-29H,8-10,13-20H2,1-7H3/b12-11+/t21-,22-,23-,24-,25+,26-,27+,28+,29-,31-,32-,33+/m1/s1. The van der Waals surface area contributed by atoms with Crippen molar-refractivity contribution in [2.75, 3.05) is 13.7 Å². The minimum Gasteiger partial charge on any atom is -0.466 e. The summed E-state index contributed by atoms with van der Waals surface area (Å²) in [5.41, 5.74) is 1.48. The van der Waals surface area contributed by atoms with Crippen LogP contribution in [0, 0.1) is 63.6 Å². The number of rotatable bonds is 9. The van der Waals surface area contributed by atoms with Crippen molar-refractivity contribution in [2.45, 2.75) is 112 Å². The highest BCUT2D eigenvalue weighted by Gasteiger charge is 2.77. The fraction of sp³-hybridized carbons (Fsp3) is 0.909. The van der Waals surface area contributed by atoms with Crippen molar-refractivity contribution in [1.82, 2.24) is 0 Å². The Morgan fingerprint density at radius 2 is 1.81 bits per heavy atom. The van der Waals surface area contributed by atoms with E-state index >= 15 is 0 Å². The Balaban J connectivity index is 1.32. The van der Waals surface area contributed by atoms with Crippen LogP contribution in [0.3, 0.4) is 0 Å². The Morgan fingerprint density at radius 1 is 1.03 bits per heavy atom. The van der Waals surface area contributed by atoms with Crippen LogP contribution in [0.1, 0.15) is 106 Å². The van der Waals surface area contributed by atoms with Crippen LogP contribution in [-0.2, 0) is 14.3 Å². The molecule has 0 aromatic heterocycles. The van der Waals surface area contributed by atoms with Crippen LogP contribution in [0.15, 0.2) is 12.2 Å². The number of esters is 1. The van der Waals surface area contributed by atoms with E-state index in [1.807, 2.05) is 14.0 Å². The molecule has 5 aliphatic rings. The lowest BCUT2D eigenvalue weighted by atomic mass is 9.45. The van der Waals surface area contributed by atoms with Crippen molar-refractivity contribution < 1.29 is 14.3 Å². The van der Waals surface area contributed by atoms with Crippen LogP contribution in [0.2, 0.25) is 0 Å². The predicted octanol–water partition coefficient (Wildman–Crippen LogP) is 8.08. The second-order valence-electron chi connectivity index (χ2n) is 14.2. The normalized spacial score (nSPS) is 47.4. The third kappa shape index (κ3) is 3.79. The topological polar surface area (TPSA) is 35.5 Å². The largest absolute Gasteiger partial charge is 0.466 e. The Kier molecular flexibility index (Phi) is 7.23. The maximum absolute atomic E-state index is 12.4. The molecule has 0 unspecified atom stereocenters. The van der Waals surface area contributed by atoms with Crippen molar-refractivity contribution in [3.05, 3.63) is 12.2 Å². The molecule has 5 aliphatic carbocycles. The van der Waals surface area contributed by atoms with Gasteiger partial charge in [-0.25, -0.2) is 0 Å². The lowest BCUT2D eigenvalue weighted by molar-refractivity contribution is -0.160. The van der Waals surface area contributed by atoms with Gasteiger partial charge in [-0.3, -0.25) is 4.79 Å². The van der Waals surface area contributed by atoms with Crippen LogP contribution in [-0.4, -0.2) is 25.8 Å². The quantitative estimate of drug-likeness (QED) is 0.238. The summed E-state index contributed by atoms with van der Waals surface area (Å²) in [4.78, 5) is 12.4. The molecule has 12 atom stereocenters. The number of hydrogen-bond donors (Lipinski definition) is 0. The zero-order chi connectivity index (χ0) is 25.9. The highest BCUT2D eigenvalue weighted by molar-refractivity contribution is 5.72. The maximum Gasteiger partial charge on any atom is 0.309 e. The van der Waals surface area contributed by atoms with Crippen LogP contribution >= 0.6 is 0 Å². The molecule has 3 heteroatoms. The van der Waals surface area contributed by atoms with E-state index in [-0.39, 0.29) is 17.8 Å². The van der Waals surface area contributed by atoms with Gasteiger partial charge < -0.3 is 9.47 Å². The van der Waals surface area contributed by atoms with Crippen LogP contribution in [0.5, 0.6) is 0 Å². The summed E-state index contributed by atoms with van der Waals surface area (Å²) in [7, 11) is 2.00. The summed E-state index contributed by atoms with van der Waals surface area (Å²) in [6, 6.07) is 0. The molecule has 36 heavy (non-hydrogen) atoms. The lowest BCUT2D eigenvalue weighted by Crippen LogP contribution is -2.57. The fourth-order valence-corrected chi connectivity index (χ4v) is 11.2. The van der Waals surface area contributed by atoms with Gasteiger partial charge in [0.15, 0.2) is 0 Å². The summed E-state index contributed by atoms with van der Waals surface area (Å²) in [6.07, 6.45) is 18.8. The predicted molar refractivity (Wildman–Crippen MR) is 146 cm³/mol. The Hall–Kier alpha value is -0.830. The zero-order valence-electron chi connectivity index (χ0n) is 24.4. The van der Waals surface area contributed by atoms with E-state index in [0.717, 1.165) is 42.4 Å². The first kappa shape index (κ1) is 26.8. The number of allylic oxidation sites excluding steroid dienone is 2. The second-order valence-corrected chi connectivity index (χ2v) is 14.2. The van der Waals surface area contributed by atoms with Gasteiger partial charge in [0.2, 0.25) is 0 Å². The smallest absolute Gasteiger partial charge is 0.309 e. The van der Waals surface area contributed by atoms with Crippen LogP contribution in [0.25, 0.3) is 0 Å². The molecule has 1 spiro atoms. The van der Waals surface area contributed by atoms with Crippen LogP contribution in [0.4, 0.5) is 0 Å². The molecule has 0 aliphatic heterocycles. The molecule has 5 fully saturated rings. The molecule has 5 rings (SSSR count). The molecule has 0 radical (unpaired) electrons. The molecule has 0 bridgehead atoms. The first-order valence-electron chi connectivity index (χ1n) is 15.6. The zero-order valence-corrected chi connectivity index (χ0v) is 24.4. The van der Waals surface area contributed by atoms with Gasteiger partial charge in [0.1, 0.15) is 0 Å². The summed E-state index contributed by atoms with van der Waals surface area (Å²) < 4.78 is 11.7. The Morgan fingerprint density at radius 3 is 2.47 bits per heavy atom. The highest BCUT2D eigenvalue weighted by atomic mass is 16.5. The van der Waals surface area contributed by atoms with E-state index in [2.05, 4.69) is 46.8 Å². The average molecular weight is 499 g/mol. The van der Waals surface area contributed by atoms with Gasteiger partial charge in [-0.2, -0.15) is 0 Å². The lowest BCUT2D eigenvalue weighted by Gasteiger charge is -2.61. The van der Waals surface area contributed by atoms with Gasteiger partial charge in [0.05, 0.1) is 18.6 Å². The third-order valence-electron chi connectivity index (χ3n) is 13.1. The van der Waals surface area contributed by atoms with Crippen molar-refractivity contribution in [3.63, 3.8) is 0 Å². The summed E-state index contributed by atoms with van der Waals surface area (Å²) in [5.74, 6) is 5.07. The Labute approximate surface area is 221 Å². The van der Waals surface area contributed by atoms with Gasteiger partial charge in [-0.05, 0) is 117 Å². The molecule has 204 valence electrons. The summed E-state index contributed by atoms with van der Waals surface area (Å²) in [6.45, 7) is 14.4. The monoisotopic (exact) mass is 498 g/mol. The molecular weight excluding hydrogens is 444 g/mol. The minimum atomic E-state index is -0.0605. The molecule has 0 aromatic carbocycles. The Bertz CT molecular complexity index is 850. The fourth-order valence-electron chi connectivity index (χ4n) is 11.2. The number of hydrogen-bond acceptors (Lipinski definition) is 3. The molecule has 0 heterocycles. The van der Waals surface area contributed by atoms with Gasteiger partial charge in [0.25, 0.3) is 0 Å². The van der Waals surface area contributed by atoms with Gasteiger partial charge in [0, 0.05) is 12.5 Å². The molecule has 3 nitrogen and oxygen atoms in total. The van der Waals surface area contributed by atoms with Crippen LogP contribution < -0.4 is 0 Å². The first-order chi connectivity index (χ1) is 17.2. The molecule has 5 saturated carbocycles. The van der Waals surface area contributed by atoms with Gasteiger partial charge in [-0.1, -0.05) is 53.2 Å². The maximum atomic E-state index is 12.4. The van der Waals surface area contributed by atoms with E-state index in [1.165, 1.54) is 51.4 Å². The van der Waals surface area contributed by atoms with Crippen molar-refractivity contribution >= 4 is 5.97 Å². The SMILES string of the molecule is CCC[C@H](/C=C/[C@@H](C)[C@H]1CC[C@H]2[C@@H]3C[C@@H](OC)[C@]45C[C@H]4CC[C@]5(C)[C@H]3CC[C@]12C)[C@@H](C)C(=O)OCC. The van der Waals surface area contributed by atoms with E-state index in [4.69, 9.17) is 9.47 Å². The molecule has 0 aromatic rings. The van der Waals surface area contributed by atoms with E-state index in [1.54, 1.807) is 0 Å². The van der Waals surface area contributed by atoms with Gasteiger partial charge in [-0.15, -0.1) is 0 Å². The van der Waals surface area contributed by atoms with E-state index in [0.29, 0.717) is 34.9 Å². The molecule has 0 amide bonds. The van der Waals surface area contributed by atoms with Gasteiger partial charge >= 0.3 is 5.97 Å². The number of carbonyl (C=O) groups is 1. The highest BCUT2D eigenvalue weighted by Crippen LogP contribution is 2.82. The number of methoxy groups -OCH3 is 1. The number of fused-ring (bicyclic) bond motifs is 4. The van der Waals surface area contributed by atoms with E-state index < -0.39 is 0 Å². The van der Waals surface area contributed by atoms with Crippen molar-refractivity contribution in [2.24, 2.45) is 63.6 Å². The average Bonchev–Trinajstić information content (AvgIpc) is 3.37. The first-order valence-corrected chi connectivity index (χ1v) is 15.6. The summed E-state index contributed by atoms with van der Waals surface area (Å²) >= 11 is 0. The molecule has 0 saturated heterocycles. The van der Waals surface area contributed by atoms with Crippen molar-refractivity contribution in [3.8, 4) is 0 Å². The number of carbonyl (C=O) groups excluding carboxylic acids is 1. The second kappa shape index (κ2) is 9.73. The molecule has 0 N–H and O–H groups in total. The number of ether oxygens (including phenoxy) is 2. The molecular formula is C33H54O3. The van der Waals surface area contributed by atoms with Crippen molar-refractivity contribution in [1.29, 1.82) is 0 Å². The van der Waals surface area contributed by atoms with E-state index in [9.17, 15) is 4.79 Å². The third-order valence-corrected chi connectivity index (χ3v) is 13.1.